The van der Waals surface area contributed by atoms with Crippen molar-refractivity contribution < 1.29 is 19.1 Å². The maximum Gasteiger partial charge on any atom is 0.254 e. The molecule has 0 radical (unpaired) electrons. The van der Waals surface area contributed by atoms with E-state index in [0.29, 0.717) is 36.7 Å². The van der Waals surface area contributed by atoms with Gasteiger partial charge in [-0.15, -0.1) is 0 Å². The molecule has 2 amide bonds. The van der Waals surface area contributed by atoms with Crippen LogP contribution in [-0.4, -0.2) is 42.0 Å². The zero-order chi connectivity index (χ0) is 23.7. The second-order valence-electron chi connectivity index (χ2n) is 8.99. The van der Waals surface area contributed by atoms with Crippen LogP contribution in [0.5, 0.6) is 11.5 Å². The molecule has 0 saturated carbocycles. The molecule has 0 aliphatic carbocycles. The molecule has 2 aliphatic rings. The van der Waals surface area contributed by atoms with Crippen molar-refractivity contribution in [1.29, 1.82) is 0 Å². The zero-order valence-corrected chi connectivity index (χ0v) is 19.4. The monoisotopic (exact) mass is 456 g/mol. The van der Waals surface area contributed by atoms with Crippen LogP contribution in [0.4, 0.5) is 0 Å². The minimum atomic E-state index is -0.438. The Morgan fingerprint density at radius 2 is 1.41 bits per heavy atom. The SMILES string of the molecule is CC1CN(C(=O)c2ccc(CNC(=O)C3c4ccccc4Oc4ccccc43)cc2)CC(C)O1. The Kier molecular flexibility index (Phi) is 6.07. The first-order valence-electron chi connectivity index (χ1n) is 11.7. The van der Waals surface area contributed by atoms with Gasteiger partial charge in [-0.25, -0.2) is 0 Å². The average molecular weight is 457 g/mol. The summed E-state index contributed by atoms with van der Waals surface area (Å²) >= 11 is 0. The lowest BCUT2D eigenvalue weighted by atomic mass is 9.87. The van der Waals surface area contributed by atoms with E-state index in [1.54, 1.807) is 0 Å². The molecule has 3 aromatic carbocycles. The van der Waals surface area contributed by atoms with E-state index in [2.05, 4.69) is 5.32 Å². The molecule has 2 unspecified atom stereocenters. The van der Waals surface area contributed by atoms with Crippen molar-refractivity contribution in [2.45, 2.75) is 38.5 Å². The molecule has 2 heterocycles. The van der Waals surface area contributed by atoms with Crippen LogP contribution in [0.15, 0.2) is 72.8 Å². The first kappa shape index (κ1) is 22.2. The van der Waals surface area contributed by atoms with Crippen LogP contribution in [0, 0.1) is 0 Å². The molecule has 3 aromatic rings. The Morgan fingerprint density at radius 1 is 0.853 bits per heavy atom. The van der Waals surface area contributed by atoms with E-state index in [0.717, 1.165) is 16.7 Å². The number of rotatable bonds is 4. The highest BCUT2D eigenvalue weighted by Gasteiger charge is 2.32. The molecule has 0 spiro atoms. The third kappa shape index (κ3) is 4.41. The van der Waals surface area contributed by atoms with Crippen molar-refractivity contribution in [3.63, 3.8) is 0 Å². The third-order valence-electron chi connectivity index (χ3n) is 6.32. The molecule has 6 heteroatoms. The standard InChI is InChI=1S/C28H28N2O4/c1-18-16-30(17-19(2)33-18)28(32)21-13-11-20(12-14-21)15-29-27(31)26-22-7-3-5-9-24(22)34-25-10-6-4-8-23(25)26/h3-14,18-19,26H,15-17H2,1-2H3,(H,29,31). The molecule has 6 nitrogen and oxygen atoms in total. The second-order valence-corrected chi connectivity index (χ2v) is 8.99. The first-order valence-corrected chi connectivity index (χ1v) is 11.7. The fourth-order valence-corrected chi connectivity index (χ4v) is 4.78. The number of nitrogens with zero attached hydrogens (tertiary/aromatic N) is 1. The van der Waals surface area contributed by atoms with Crippen molar-refractivity contribution in [2.24, 2.45) is 0 Å². The van der Waals surface area contributed by atoms with Crippen LogP contribution in [-0.2, 0) is 16.1 Å². The van der Waals surface area contributed by atoms with Gasteiger partial charge in [0.05, 0.1) is 18.1 Å². The van der Waals surface area contributed by atoms with Crippen LogP contribution in [0.2, 0.25) is 0 Å². The Labute approximate surface area is 199 Å². The van der Waals surface area contributed by atoms with E-state index in [4.69, 9.17) is 9.47 Å². The van der Waals surface area contributed by atoms with Crippen molar-refractivity contribution in [3.8, 4) is 11.5 Å². The topological polar surface area (TPSA) is 67.9 Å². The van der Waals surface area contributed by atoms with Gasteiger partial charge < -0.3 is 19.7 Å². The second kappa shape index (κ2) is 9.31. The van der Waals surface area contributed by atoms with Gasteiger partial charge in [-0.3, -0.25) is 9.59 Å². The summed E-state index contributed by atoms with van der Waals surface area (Å²) in [6.45, 7) is 5.53. The summed E-state index contributed by atoms with van der Waals surface area (Å²) in [5, 5.41) is 3.07. The van der Waals surface area contributed by atoms with Gasteiger partial charge in [-0.05, 0) is 43.7 Å². The summed E-state index contributed by atoms with van der Waals surface area (Å²) in [5.41, 5.74) is 3.29. The van der Waals surface area contributed by atoms with E-state index in [1.165, 1.54) is 0 Å². The fraction of sp³-hybridized carbons (Fsp3) is 0.286. The van der Waals surface area contributed by atoms with Gasteiger partial charge in [-0.2, -0.15) is 0 Å². The molecule has 174 valence electrons. The summed E-state index contributed by atoms with van der Waals surface area (Å²) in [7, 11) is 0. The van der Waals surface area contributed by atoms with Crippen LogP contribution in [0.25, 0.3) is 0 Å². The van der Waals surface area contributed by atoms with Gasteiger partial charge in [0.1, 0.15) is 11.5 Å². The van der Waals surface area contributed by atoms with Crippen LogP contribution < -0.4 is 10.1 Å². The van der Waals surface area contributed by atoms with E-state index in [1.807, 2.05) is 91.5 Å². The molecule has 0 aromatic heterocycles. The van der Waals surface area contributed by atoms with Crippen molar-refractivity contribution >= 4 is 11.8 Å². The molecule has 2 aliphatic heterocycles. The molecule has 1 N–H and O–H groups in total. The number of carbonyl (C=O) groups is 2. The predicted molar refractivity (Wildman–Crippen MR) is 129 cm³/mol. The maximum atomic E-state index is 13.3. The van der Waals surface area contributed by atoms with Crippen LogP contribution in [0.3, 0.4) is 0 Å². The van der Waals surface area contributed by atoms with Gasteiger partial charge in [0.25, 0.3) is 5.91 Å². The molecule has 1 fully saturated rings. The number of carbonyl (C=O) groups excluding carboxylic acids is 2. The van der Waals surface area contributed by atoms with E-state index < -0.39 is 5.92 Å². The lowest BCUT2D eigenvalue weighted by Gasteiger charge is -2.35. The third-order valence-corrected chi connectivity index (χ3v) is 6.32. The summed E-state index contributed by atoms with van der Waals surface area (Å²) in [5.74, 6) is 0.895. The molecule has 5 rings (SSSR count). The van der Waals surface area contributed by atoms with Gasteiger partial charge in [-0.1, -0.05) is 48.5 Å². The van der Waals surface area contributed by atoms with Crippen LogP contribution >= 0.6 is 0 Å². The first-order chi connectivity index (χ1) is 16.5. The predicted octanol–water partition coefficient (Wildman–Crippen LogP) is 4.49. The number of hydrogen-bond acceptors (Lipinski definition) is 4. The van der Waals surface area contributed by atoms with Crippen molar-refractivity contribution in [2.75, 3.05) is 13.1 Å². The number of fused-ring (bicyclic) bond motifs is 2. The molecule has 2 atom stereocenters. The molecular weight excluding hydrogens is 428 g/mol. The largest absolute Gasteiger partial charge is 0.457 e. The highest BCUT2D eigenvalue weighted by Crippen LogP contribution is 2.43. The van der Waals surface area contributed by atoms with Crippen LogP contribution in [0.1, 0.15) is 46.8 Å². The van der Waals surface area contributed by atoms with E-state index >= 15 is 0 Å². The van der Waals surface area contributed by atoms with E-state index in [-0.39, 0.29) is 24.0 Å². The van der Waals surface area contributed by atoms with Gasteiger partial charge >= 0.3 is 0 Å². The lowest BCUT2D eigenvalue weighted by Crippen LogP contribution is -2.48. The van der Waals surface area contributed by atoms with E-state index in [9.17, 15) is 9.59 Å². The fourth-order valence-electron chi connectivity index (χ4n) is 4.78. The lowest BCUT2D eigenvalue weighted by molar-refractivity contribution is -0.122. The average Bonchev–Trinajstić information content (AvgIpc) is 2.85. The Bertz CT molecular complexity index is 1150. The summed E-state index contributed by atoms with van der Waals surface area (Å²) in [6, 6.07) is 22.7. The quantitative estimate of drug-likeness (QED) is 0.628. The number of ether oxygens (including phenoxy) is 2. The Morgan fingerprint density at radius 3 is 2.00 bits per heavy atom. The van der Waals surface area contributed by atoms with Crippen molar-refractivity contribution in [3.05, 3.63) is 95.1 Å². The number of amides is 2. The normalized spacial score (nSPS) is 19.5. The molecule has 0 bridgehead atoms. The molecule has 34 heavy (non-hydrogen) atoms. The number of morpholine rings is 1. The summed E-state index contributed by atoms with van der Waals surface area (Å²) < 4.78 is 11.7. The zero-order valence-electron chi connectivity index (χ0n) is 19.4. The molecular formula is C28H28N2O4. The van der Waals surface area contributed by atoms with Gasteiger partial charge in [0, 0.05) is 36.3 Å². The smallest absolute Gasteiger partial charge is 0.254 e. The van der Waals surface area contributed by atoms with Gasteiger partial charge in [0.2, 0.25) is 5.91 Å². The highest BCUT2D eigenvalue weighted by molar-refractivity contribution is 5.94. The van der Waals surface area contributed by atoms with Crippen molar-refractivity contribution in [1.82, 2.24) is 10.2 Å². The Balaban J connectivity index is 1.27. The summed E-state index contributed by atoms with van der Waals surface area (Å²) in [6.07, 6.45) is 0.0604. The highest BCUT2D eigenvalue weighted by atomic mass is 16.5. The van der Waals surface area contributed by atoms with Gasteiger partial charge in [0.15, 0.2) is 0 Å². The number of nitrogens with one attached hydrogen (secondary N) is 1. The number of benzene rings is 3. The number of para-hydroxylation sites is 2. The minimum absolute atomic E-state index is 0.00741. The number of hydrogen-bond donors (Lipinski definition) is 1. The minimum Gasteiger partial charge on any atom is -0.457 e. The summed E-state index contributed by atoms with van der Waals surface area (Å²) in [4.78, 5) is 28.0. The molecule has 1 saturated heterocycles. The maximum absolute atomic E-state index is 13.3. The Hall–Kier alpha value is -3.64.